The van der Waals surface area contributed by atoms with Gasteiger partial charge in [-0.05, 0) is 0 Å². The minimum absolute atomic E-state index is 0.350. The van der Waals surface area contributed by atoms with Crippen molar-refractivity contribution in [3.8, 4) is 0 Å². The number of benzene rings is 1. The zero-order valence-electron chi connectivity index (χ0n) is 10.4. The number of aryl methyl sites for hydroxylation is 1. The van der Waals surface area contributed by atoms with Gasteiger partial charge in [-0.1, -0.05) is 37.3 Å². The monoisotopic (exact) mass is 245 g/mol. The lowest BCUT2D eigenvalue weighted by atomic mass is 10.2. The van der Waals surface area contributed by atoms with Crippen molar-refractivity contribution in [1.82, 2.24) is 14.8 Å². The largest absolute Gasteiger partial charge is 0.435 e. The average Bonchev–Trinajstić information content (AvgIpc) is 2.85. The minimum Gasteiger partial charge on any atom is -0.435 e. The highest BCUT2D eigenvalue weighted by Crippen LogP contribution is 2.18. The van der Waals surface area contributed by atoms with E-state index >= 15 is 0 Å². The van der Waals surface area contributed by atoms with Crippen molar-refractivity contribution < 1.29 is 9.53 Å². The van der Waals surface area contributed by atoms with Crippen molar-refractivity contribution in [2.75, 3.05) is 0 Å². The summed E-state index contributed by atoms with van der Waals surface area (Å²) >= 11 is 0. The van der Waals surface area contributed by atoms with Crippen LogP contribution in [0, 0.1) is 0 Å². The van der Waals surface area contributed by atoms with Gasteiger partial charge in [0.25, 0.3) is 0 Å². The van der Waals surface area contributed by atoms with Crippen molar-refractivity contribution in [3.05, 3.63) is 48.0 Å². The molecule has 1 aromatic carbocycles. The topological polar surface area (TPSA) is 57.0 Å². The predicted molar refractivity (Wildman–Crippen MR) is 65.7 cm³/mol. The standard InChI is InChI=1S/C13H15N3O2/c1-3-12-14-9-16(15-12)13(18-10(2)17)11-7-5-4-6-8-11/h4-9,13H,3H2,1-2H3. The van der Waals surface area contributed by atoms with Crippen molar-refractivity contribution in [3.63, 3.8) is 0 Å². The molecule has 0 fully saturated rings. The maximum atomic E-state index is 11.2. The predicted octanol–water partition coefficient (Wildman–Crippen LogP) is 1.95. The number of hydrogen-bond donors (Lipinski definition) is 0. The lowest BCUT2D eigenvalue weighted by Crippen LogP contribution is -2.17. The van der Waals surface area contributed by atoms with Gasteiger partial charge < -0.3 is 4.74 Å². The number of esters is 1. The molecule has 0 N–H and O–H groups in total. The SMILES string of the molecule is CCc1ncn(C(OC(C)=O)c2ccccc2)n1. The summed E-state index contributed by atoms with van der Waals surface area (Å²) in [7, 11) is 0. The van der Waals surface area contributed by atoms with Crippen molar-refractivity contribution >= 4 is 5.97 Å². The molecule has 0 aliphatic heterocycles. The molecule has 0 saturated heterocycles. The third kappa shape index (κ3) is 2.74. The number of ether oxygens (including phenoxy) is 1. The fraction of sp³-hybridized carbons (Fsp3) is 0.308. The molecule has 18 heavy (non-hydrogen) atoms. The zero-order valence-corrected chi connectivity index (χ0v) is 10.4. The number of nitrogens with zero attached hydrogens (tertiary/aromatic N) is 3. The highest BCUT2D eigenvalue weighted by atomic mass is 16.6. The summed E-state index contributed by atoms with van der Waals surface area (Å²) in [6, 6.07) is 9.47. The van der Waals surface area contributed by atoms with Crippen LogP contribution in [0.1, 0.15) is 31.5 Å². The molecule has 94 valence electrons. The second kappa shape index (κ2) is 5.44. The van der Waals surface area contributed by atoms with Gasteiger partial charge in [-0.2, -0.15) is 5.10 Å². The van der Waals surface area contributed by atoms with Crippen LogP contribution in [0.25, 0.3) is 0 Å². The number of carbonyl (C=O) groups is 1. The van der Waals surface area contributed by atoms with Gasteiger partial charge in [-0.3, -0.25) is 4.79 Å². The third-order valence-electron chi connectivity index (χ3n) is 2.47. The summed E-state index contributed by atoms with van der Waals surface area (Å²) in [5.74, 6) is 0.375. The molecule has 0 radical (unpaired) electrons. The van der Waals surface area contributed by atoms with Gasteiger partial charge in [0.2, 0.25) is 6.23 Å². The van der Waals surface area contributed by atoms with E-state index in [0.717, 1.165) is 17.8 Å². The van der Waals surface area contributed by atoms with E-state index in [1.807, 2.05) is 37.3 Å². The molecule has 0 saturated carbocycles. The van der Waals surface area contributed by atoms with Gasteiger partial charge in [-0.15, -0.1) is 0 Å². The molecule has 1 heterocycles. The maximum Gasteiger partial charge on any atom is 0.304 e. The molecule has 5 heteroatoms. The summed E-state index contributed by atoms with van der Waals surface area (Å²) < 4.78 is 6.87. The Bertz CT molecular complexity index is 522. The van der Waals surface area contributed by atoms with E-state index in [2.05, 4.69) is 10.1 Å². The summed E-state index contributed by atoms with van der Waals surface area (Å²) in [6.45, 7) is 3.36. The molecule has 2 aromatic rings. The Kier molecular flexibility index (Phi) is 3.72. The summed E-state index contributed by atoms with van der Waals surface area (Å²) in [6.07, 6.45) is 1.77. The summed E-state index contributed by atoms with van der Waals surface area (Å²) in [5, 5.41) is 4.29. The first-order valence-electron chi connectivity index (χ1n) is 5.83. The lowest BCUT2D eigenvalue weighted by molar-refractivity contribution is -0.148. The Balaban J connectivity index is 2.33. The van der Waals surface area contributed by atoms with E-state index in [4.69, 9.17) is 4.74 Å². The minimum atomic E-state index is -0.559. The first kappa shape index (κ1) is 12.3. The molecule has 2 rings (SSSR count). The van der Waals surface area contributed by atoms with Crippen LogP contribution in [0.5, 0.6) is 0 Å². The quantitative estimate of drug-likeness (QED) is 0.772. The molecule has 0 bridgehead atoms. The van der Waals surface area contributed by atoms with Crippen LogP contribution in [-0.4, -0.2) is 20.7 Å². The maximum absolute atomic E-state index is 11.2. The van der Waals surface area contributed by atoms with Crippen LogP contribution in [0.15, 0.2) is 36.7 Å². The number of carbonyl (C=O) groups excluding carboxylic acids is 1. The van der Waals surface area contributed by atoms with Gasteiger partial charge in [-0.25, -0.2) is 9.67 Å². The highest BCUT2D eigenvalue weighted by molar-refractivity contribution is 5.66. The van der Waals surface area contributed by atoms with Crippen molar-refractivity contribution in [2.24, 2.45) is 0 Å². The van der Waals surface area contributed by atoms with Gasteiger partial charge in [0.05, 0.1) is 0 Å². The first-order chi connectivity index (χ1) is 8.70. The van der Waals surface area contributed by atoms with Crippen molar-refractivity contribution in [2.45, 2.75) is 26.5 Å². The molecule has 0 aliphatic rings. The number of hydrogen-bond acceptors (Lipinski definition) is 4. The average molecular weight is 245 g/mol. The van der Waals surface area contributed by atoms with E-state index in [1.54, 1.807) is 11.0 Å². The molecular weight excluding hydrogens is 230 g/mol. The Morgan fingerprint density at radius 2 is 2.11 bits per heavy atom. The molecule has 0 amide bonds. The highest BCUT2D eigenvalue weighted by Gasteiger charge is 2.17. The molecule has 5 nitrogen and oxygen atoms in total. The third-order valence-corrected chi connectivity index (χ3v) is 2.47. The van der Waals surface area contributed by atoms with Gasteiger partial charge in [0.15, 0.2) is 0 Å². The fourth-order valence-electron chi connectivity index (χ4n) is 1.64. The zero-order chi connectivity index (χ0) is 13.0. The van der Waals surface area contributed by atoms with E-state index in [-0.39, 0.29) is 5.97 Å². The van der Waals surface area contributed by atoms with Crippen LogP contribution >= 0.6 is 0 Å². The van der Waals surface area contributed by atoms with Crippen LogP contribution in [0.4, 0.5) is 0 Å². The molecule has 0 spiro atoms. The molecule has 1 aromatic heterocycles. The first-order valence-corrected chi connectivity index (χ1v) is 5.83. The van der Waals surface area contributed by atoms with E-state index in [9.17, 15) is 4.79 Å². The molecule has 1 atom stereocenters. The van der Waals surface area contributed by atoms with Crippen molar-refractivity contribution in [1.29, 1.82) is 0 Å². The van der Waals surface area contributed by atoms with Crippen LogP contribution in [0.3, 0.4) is 0 Å². The summed E-state index contributed by atoms with van der Waals surface area (Å²) in [4.78, 5) is 15.3. The van der Waals surface area contributed by atoms with Gasteiger partial charge >= 0.3 is 5.97 Å². The Hall–Kier alpha value is -2.17. The van der Waals surface area contributed by atoms with Gasteiger partial charge in [0, 0.05) is 18.9 Å². The number of rotatable bonds is 4. The summed E-state index contributed by atoms with van der Waals surface area (Å²) in [5.41, 5.74) is 0.861. The molecule has 1 unspecified atom stereocenters. The Labute approximate surface area is 105 Å². The Morgan fingerprint density at radius 1 is 1.39 bits per heavy atom. The second-order valence-corrected chi connectivity index (χ2v) is 3.87. The Morgan fingerprint density at radius 3 is 2.67 bits per heavy atom. The lowest BCUT2D eigenvalue weighted by Gasteiger charge is -2.17. The number of aromatic nitrogens is 3. The molecule has 0 aliphatic carbocycles. The smallest absolute Gasteiger partial charge is 0.304 e. The van der Waals surface area contributed by atoms with Crippen LogP contribution in [-0.2, 0) is 16.0 Å². The second-order valence-electron chi connectivity index (χ2n) is 3.87. The molecular formula is C13H15N3O2. The van der Waals surface area contributed by atoms with Gasteiger partial charge in [0.1, 0.15) is 12.2 Å². The fourth-order valence-corrected chi connectivity index (χ4v) is 1.64. The normalized spacial score (nSPS) is 12.1. The van der Waals surface area contributed by atoms with Crippen LogP contribution < -0.4 is 0 Å². The van der Waals surface area contributed by atoms with E-state index < -0.39 is 6.23 Å². The van der Waals surface area contributed by atoms with Crippen LogP contribution in [0.2, 0.25) is 0 Å². The van der Waals surface area contributed by atoms with E-state index in [1.165, 1.54) is 6.92 Å². The van der Waals surface area contributed by atoms with E-state index in [0.29, 0.717) is 0 Å².